The molecule has 0 aromatic carbocycles. The quantitative estimate of drug-likeness (QED) is 0.741. The van der Waals surface area contributed by atoms with Gasteiger partial charge in [-0.05, 0) is 25.0 Å². The molecule has 12 heteroatoms. The highest BCUT2D eigenvalue weighted by atomic mass is 32.2. The van der Waals surface area contributed by atoms with Crippen molar-refractivity contribution in [1.29, 1.82) is 0 Å². The number of carbonyl (C=O) groups excluding carboxylic acids is 2. The number of piperazine rings is 1. The highest BCUT2D eigenvalue weighted by Gasteiger charge is 2.49. The Morgan fingerprint density at radius 3 is 2.39 bits per heavy atom. The van der Waals surface area contributed by atoms with E-state index >= 15 is 0 Å². The smallest absolute Gasteiger partial charge is 0.352 e. The molecule has 1 N–H and O–H groups in total. The molecule has 3 rings (SSSR count). The van der Waals surface area contributed by atoms with Crippen molar-refractivity contribution < 1.29 is 31.2 Å². The Kier molecular flexibility index (Phi) is 5.62. The van der Waals surface area contributed by atoms with Gasteiger partial charge in [0.25, 0.3) is 15.7 Å². The first-order valence-corrected chi connectivity index (χ1v) is 10.2. The molecule has 0 spiro atoms. The molecule has 0 atom stereocenters. The van der Waals surface area contributed by atoms with Crippen LogP contribution < -0.4 is 5.32 Å². The molecule has 1 saturated heterocycles. The van der Waals surface area contributed by atoms with E-state index in [9.17, 15) is 31.2 Å². The van der Waals surface area contributed by atoms with Crippen LogP contribution in [0.2, 0.25) is 0 Å². The zero-order chi connectivity index (χ0) is 20.5. The number of halogens is 3. The number of alkyl halides is 3. The van der Waals surface area contributed by atoms with Crippen molar-refractivity contribution >= 4 is 21.7 Å². The van der Waals surface area contributed by atoms with Crippen molar-refractivity contribution in [2.75, 3.05) is 32.7 Å². The fourth-order valence-electron chi connectivity index (χ4n) is 2.86. The second-order valence-corrected chi connectivity index (χ2v) is 8.57. The van der Waals surface area contributed by atoms with E-state index in [1.54, 1.807) is 0 Å². The van der Waals surface area contributed by atoms with Gasteiger partial charge in [-0.2, -0.15) is 13.2 Å². The summed E-state index contributed by atoms with van der Waals surface area (Å²) in [6.45, 7) is 1.21. The molecular formula is C16H19F3N4O4S. The van der Waals surface area contributed by atoms with E-state index < -0.39 is 31.8 Å². The van der Waals surface area contributed by atoms with Gasteiger partial charge in [0.1, 0.15) is 0 Å². The summed E-state index contributed by atoms with van der Waals surface area (Å²) in [6.07, 6.45) is 2.84. The standard InChI is InChI=1S/C16H19F3N4O4S/c17-16(18,19)28(26,27)14-12(2-1-5-20-14)15(25)23-8-6-22(7-9-23)10-13(24)21-11-3-4-11/h1-2,5,11H,3-4,6-10H2,(H,21,24). The SMILES string of the molecule is O=C(CN1CCN(C(=O)c2cccnc2S(=O)(=O)C(F)(F)F)CC1)NC1CC1. The molecule has 1 aromatic heterocycles. The molecule has 1 aromatic rings. The van der Waals surface area contributed by atoms with E-state index in [1.807, 2.05) is 4.90 Å². The van der Waals surface area contributed by atoms with Gasteiger partial charge in [-0.25, -0.2) is 13.4 Å². The molecule has 28 heavy (non-hydrogen) atoms. The summed E-state index contributed by atoms with van der Waals surface area (Å²) in [5, 5.41) is 1.56. The van der Waals surface area contributed by atoms with E-state index in [0.29, 0.717) is 13.1 Å². The molecule has 8 nitrogen and oxygen atoms in total. The Morgan fingerprint density at radius 1 is 1.18 bits per heavy atom. The van der Waals surface area contributed by atoms with Gasteiger partial charge in [0.05, 0.1) is 12.1 Å². The molecule has 0 bridgehead atoms. The highest BCUT2D eigenvalue weighted by molar-refractivity contribution is 7.92. The minimum Gasteiger partial charge on any atom is -0.352 e. The van der Waals surface area contributed by atoms with Crippen molar-refractivity contribution in [2.24, 2.45) is 0 Å². The Balaban J connectivity index is 1.66. The lowest BCUT2D eigenvalue weighted by Crippen LogP contribution is -2.51. The molecular weight excluding hydrogens is 401 g/mol. The van der Waals surface area contributed by atoms with Crippen LogP contribution in [-0.4, -0.2) is 79.3 Å². The van der Waals surface area contributed by atoms with Crippen LogP contribution in [0, 0.1) is 0 Å². The number of nitrogens with one attached hydrogen (secondary N) is 1. The molecule has 1 saturated carbocycles. The van der Waals surface area contributed by atoms with Crippen molar-refractivity contribution in [2.45, 2.75) is 29.4 Å². The van der Waals surface area contributed by atoms with Crippen LogP contribution in [0.25, 0.3) is 0 Å². The third-order valence-electron chi connectivity index (χ3n) is 4.53. The Labute approximate surface area is 159 Å². The van der Waals surface area contributed by atoms with Crippen molar-refractivity contribution in [3.8, 4) is 0 Å². The number of nitrogens with zero attached hydrogens (tertiary/aromatic N) is 3. The number of amides is 2. The molecule has 2 fully saturated rings. The third-order valence-corrected chi connectivity index (χ3v) is 5.97. The molecule has 1 aliphatic carbocycles. The summed E-state index contributed by atoms with van der Waals surface area (Å²) >= 11 is 0. The van der Waals surface area contributed by atoms with Gasteiger partial charge >= 0.3 is 5.51 Å². The minimum atomic E-state index is -5.75. The van der Waals surface area contributed by atoms with Gasteiger partial charge in [-0.15, -0.1) is 0 Å². The van der Waals surface area contributed by atoms with Crippen LogP contribution in [-0.2, 0) is 14.6 Å². The van der Waals surface area contributed by atoms with E-state index in [0.717, 1.165) is 25.1 Å². The molecule has 0 unspecified atom stereocenters. The Bertz CT molecular complexity index is 863. The first-order chi connectivity index (χ1) is 13.1. The normalized spacial score (nSPS) is 18.8. The summed E-state index contributed by atoms with van der Waals surface area (Å²) in [5.74, 6) is -0.939. The first-order valence-electron chi connectivity index (χ1n) is 8.67. The van der Waals surface area contributed by atoms with Gasteiger partial charge in [0.2, 0.25) is 5.91 Å². The largest absolute Gasteiger partial charge is 0.503 e. The monoisotopic (exact) mass is 420 g/mol. The van der Waals surface area contributed by atoms with Crippen LogP contribution in [0.4, 0.5) is 13.2 Å². The lowest BCUT2D eigenvalue weighted by atomic mass is 10.2. The molecule has 154 valence electrons. The number of pyridine rings is 1. The number of carbonyl (C=O) groups is 2. The maximum absolute atomic E-state index is 12.9. The zero-order valence-electron chi connectivity index (χ0n) is 14.8. The Hall–Kier alpha value is -2.21. The molecule has 1 aliphatic heterocycles. The third kappa shape index (κ3) is 4.43. The number of sulfone groups is 1. The van der Waals surface area contributed by atoms with Crippen LogP contribution >= 0.6 is 0 Å². The first kappa shape index (κ1) is 20.5. The topological polar surface area (TPSA) is 99.7 Å². The summed E-state index contributed by atoms with van der Waals surface area (Å²) in [7, 11) is -5.75. The molecule has 2 heterocycles. The van der Waals surface area contributed by atoms with E-state index in [2.05, 4.69) is 10.3 Å². The molecule has 2 amide bonds. The highest BCUT2D eigenvalue weighted by Crippen LogP contribution is 2.31. The number of hydrogen-bond acceptors (Lipinski definition) is 6. The summed E-state index contributed by atoms with van der Waals surface area (Å²) in [5.41, 5.74) is -6.16. The fourth-order valence-corrected chi connectivity index (χ4v) is 3.72. The van der Waals surface area contributed by atoms with Crippen LogP contribution in [0.15, 0.2) is 23.4 Å². The van der Waals surface area contributed by atoms with E-state index in [1.165, 1.54) is 11.0 Å². The lowest BCUT2D eigenvalue weighted by Gasteiger charge is -2.34. The Morgan fingerprint density at radius 2 is 1.82 bits per heavy atom. The second-order valence-electron chi connectivity index (χ2n) is 6.72. The number of hydrogen-bond donors (Lipinski definition) is 1. The van der Waals surface area contributed by atoms with Crippen molar-refractivity contribution in [3.63, 3.8) is 0 Å². The predicted octanol–water partition coefficient (Wildman–Crippen LogP) is 0.411. The lowest BCUT2D eigenvalue weighted by molar-refractivity contribution is -0.122. The van der Waals surface area contributed by atoms with Crippen molar-refractivity contribution in [1.82, 2.24) is 20.1 Å². The summed E-state index contributed by atoms with van der Waals surface area (Å²) in [6, 6.07) is 2.47. The van der Waals surface area contributed by atoms with Crippen molar-refractivity contribution in [3.05, 3.63) is 23.9 Å². The average molecular weight is 420 g/mol. The second kappa shape index (κ2) is 7.66. The van der Waals surface area contributed by atoms with E-state index in [-0.39, 0.29) is 31.6 Å². The maximum atomic E-state index is 12.9. The van der Waals surface area contributed by atoms with Gasteiger partial charge < -0.3 is 10.2 Å². The van der Waals surface area contributed by atoms with Gasteiger partial charge in [0, 0.05) is 38.4 Å². The zero-order valence-corrected chi connectivity index (χ0v) is 15.6. The molecule has 2 aliphatic rings. The summed E-state index contributed by atoms with van der Waals surface area (Å²) in [4.78, 5) is 30.9. The van der Waals surface area contributed by atoms with Gasteiger partial charge in [0.15, 0.2) is 5.03 Å². The van der Waals surface area contributed by atoms with Gasteiger partial charge in [-0.3, -0.25) is 14.5 Å². The minimum absolute atomic E-state index is 0.104. The van der Waals surface area contributed by atoms with Crippen LogP contribution in [0.5, 0.6) is 0 Å². The van der Waals surface area contributed by atoms with Gasteiger partial charge in [-0.1, -0.05) is 0 Å². The maximum Gasteiger partial charge on any atom is 0.503 e. The predicted molar refractivity (Wildman–Crippen MR) is 91.0 cm³/mol. The average Bonchev–Trinajstić information content (AvgIpc) is 3.44. The van der Waals surface area contributed by atoms with Crippen LogP contribution in [0.3, 0.4) is 0 Å². The summed E-state index contributed by atoms with van der Waals surface area (Å²) < 4.78 is 62.1. The molecule has 0 radical (unpaired) electrons. The van der Waals surface area contributed by atoms with E-state index in [4.69, 9.17) is 0 Å². The number of rotatable bonds is 5. The number of aromatic nitrogens is 1. The van der Waals surface area contributed by atoms with Crippen LogP contribution in [0.1, 0.15) is 23.2 Å². The fraction of sp³-hybridized carbons (Fsp3) is 0.562.